The van der Waals surface area contributed by atoms with Crippen LogP contribution in [-0.4, -0.2) is 33.9 Å². The van der Waals surface area contributed by atoms with Crippen molar-refractivity contribution in [3.05, 3.63) is 17.5 Å². The molecule has 1 heterocycles. The number of aliphatic hydroxyl groups excluding tert-OH is 1. The van der Waals surface area contributed by atoms with Crippen LogP contribution >= 0.6 is 0 Å². The van der Waals surface area contributed by atoms with E-state index in [0.717, 1.165) is 25.1 Å². The second kappa shape index (κ2) is 5.52. The fraction of sp³-hybridized carbons (Fsp3) is 0.692. The molecular weight excluding hydrogens is 230 g/mol. The predicted octanol–water partition coefficient (Wildman–Crippen LogP) is 1.14. The van der Waals surface area contributed by atoms with Crippen LogP contribution in [0.2, 0.25) is 0 Å². The van der Waals surface area contributed by atoms with E-state index in [4.69, 9.17) is 5.11 Å². The van der Waals surface area contributed by atoms with Crippen LogP contribution in [0.25, 0.3) is 0 Å². The highest BCUT2D eigenvalue weighted by molar-refractivity contribution is 5.95. The van der Waals surface area contributed by atoms with Crippen molar-refractivity contribution < 1.29 is 9.90 Å². The van der Waals surface area contributed by atoms with Gasteiger partial charge in [0.15, 0.2) is 0 Å². The summed E-state index contributed by atoms with van der Waals surface area (Å²) < 4.78 is 1.97. The molecule has 2 rings (SSSR count). The van der Waals surface area contributed by atoms with E-state index < -0.39 is 0 Å². The van der Waals surface area contributed by atoms with Gasteiger partial charge in [-0.25, -0.2) is 0 Å². The summed E-state index contributed by atoms with van der Waals surface area (Å²) in [6.07, 6.45) is 3.94. The number of aromatic nitrogens is 2. The first kappa shape index (κ1) is 13.1. The molecule has 0 spiro atoms. The summed E-state index contributed by atoms with van der Waals surface area (Å²) in [5.74, 6) is 0.873. The first-order chi connectivity index (χ1) is 8.63. The summed E-state index contributed by atoms with van der Waals surface area (Å²) in [7, 11) is 0. The molecule has 0 aliphatic heterocycles. The van der Waals surface area contributed by atoms with E-state index in [1.165, 1.54) is 0 Å². The normalized spacial score (nSPS) is 15.1. The fourth-order valence-electron chi connectivity index (χ4n) is 2.11. The van der Waals surface area contributed by atoms with Gasteiger partial charge in [-0.15, -0.1) is 0 Å². The van der Waals surface area contributed by atoms with Crippen LogP contribution in [0.5, 0.6) is 0 Å². The highest BCUT2D eigenvalue weighted by Crippen LogP contribution is 2.41. The number of amides is 1. The van der Waals surface area contributed by atoms with Gasteiger partial charge in [-0.2, -0.15) is 5.10 Å². The van der Waals surface area contributed by atoms with Crippen molar-refractivity contribution in [3.63, 3.8) is 0 Å². The van der Waals surface area contributed by atoms with Crippen molar-refractivity contribution >= 4 is 5.91 Å². The average molecular weight is 251 g/mol. The molecule has 1 aliphatic rings. The SMILES string of the molecule is CC(C)Cn1ncc(C(=O)NCCO)c1C1CC1. The second-order valence-electron chi connectivity index (χ2n) is 5.27. The monoisotopic (exact) mass is 251 g/mol. The number of nitrogens with one attached hydrogen (secondary N) is 1. The standard InChI is InChI=1S/C13H21N3O2/c1-9(2)8-16-12(10-3-4-10)11(7-15-16)13(18)14-5-6-17/h7,9-10,17H,3-6,8H2,1-2H3,(H,14,18). The zero-order valence-electron chi connectivity index (χ0n) is 11.0. The van der Waals surface area contributed by atoms with Gasteiger partial charge in [-0.1, -0.05) is 13.8 Å². The summed E-state index contributed by atoms with van der Waals surface area (Å²) in [5, 5.41) is 15.8. The molecule has 1 saturated carbocycles. The lowest BCUT2D eigenvalue weighted by Gasteiger charge is -2.11. The zero-order chi connectivity index (χ0) is 13.1. The first-order valence-electron chi connectivity index (χ1n) is 6.58. The summed E-state index contributed by atoms with van der Waals surface area (Å²) in [5.41, 5.74) is 1.74. The van der Waals surface area contributed by atoms with Crippen LogP contribution in [0, 0.1) is 5.92 Å². The quantitative estimate of drug-likeness (QED) is 0.796. The number of hydrogen-bond donors (Lipinski definition) is 2. The van der Waals surface area contributed by atoms with Crippen molar-refractivity contribution in [1.29, 1.82) is 0 Å². The van der Waals surface area contributed by atoms with Crippen molar-refractivity contribution in [2.45, 2.75) is 39.2 Å². The van der Waals surface area contributed by atoms with E-state index in [2.05, 4.69) is 24.3 Å². The first-order valence-corrected chi connectivity index (χ1v) is 6.58. The summed E-state index contributed by atoms with van der Waals surface area (Å²) in [6, 6.07) is 0. The average Bonchev–Trinajstić information content (AvgIpc) is 3.07. The molecule has 0 saturated heterocycles. The van der Waals surface area contributed by atoms with Crippen LogP contribution in [-0.2, 0) is 6.54 Å². The highest BCUT2D eigenvalue weighted by Gasteiger charge is 2.32. The fourth-order valence-corrected chi connectivity index (χ4v) is 2.11. The third-order valence-electron chi connectivity index (χ3n) is 3.02. The molecule has 2 N–H and O–H groups in total. The molecule has 0 atom stereocenters. The van der Waals surface area contributed by atoms with Gasteiger partial charge in [0.1, 0.15) is 0 Å². The summed E-state index contributed by atoms with van der Waals surface area (Å²) >= 11 is 0. The van der Waals surface area contributed by atoms with Crippen LogP contribution in [0.3, 0.4) is 0 Å². The van der Waals surface area contributed by atoms with E-state index in [1.54, 1.807) is 6.20 Å². The predicted molar refractivity (Wildman–Crippen MR) is 68.5 cm³/mol. The van der Waals surface area contributed by atoms with E-state index in [1.807, 2.05) is 4.68 Å². The van der Waals surface area contributed by atoms with Gasteiger partial charge < -0.3 is 10.4 Å². The zero-order valence-corrected chi connectivity index (χ0v) is 11.0. The second-order valence-corrected chi connectivity index (χ2v) is 5.27. The molecule has 0 bridgehead atoms. The third kappa shape index (κ3) is 2.90. The smallest absolute Gasteiger partial charge is 0.254 e. The van der Waals surface area contributed by atoms with E-state index in [0.29, 0.717) is 17.4 Å². The van der Waals surface area contributed by atoms with Gasteiger partial charge in [-0.3, -0.25) is 9.48 Å². The van der Waals surface area contributed by atoms with E-state index >= 15 is 0 Å². The minimum atomic E-state index is -0.124. The van der Waals surface area contributed by atoms with Gasteiger partial charge >= 0.3 is 0 Å². The summed E-state index contributed by atoms with van der Waals surface area (Å²) in [4.78, 5) is 12.0. The topological polar surface area (TPSA) is 67.2 Å². The molecule has 1 aromatic heterocycles. The molecule has 5 heteroatoms. The van der Waals surface area contributed by atoms with Gasteiger partial charge in [0.25, 0.3) is 5.91 Å². The van der Waals surface area contributed by atoms with Crippen molar-refractivity contribution in [1.82, 2.24) is 15.1 Å². The third-order valence-corrected chi connectivity index (χ3v) is 3.02. The molecule has 18 heavy (non-hydrogen) atoms. The maximum Gasteiger partial charge on any atom is 0.254 e. The number of carbonyl (C=O) groups excluding carboxylic acids is 1. The van der Waals surface area contributed by atoms with Gasteiger partial charge in [0.05, 0.1) is 24.1 Å². The molecule has 1 aliphatic carbocycles. The molecule has 0 radical (unpaired) electrons. The lowest BCUT2D eigenvalue weighted by atomic mass is 10.1. The minimum Gasteiger partial charge on any atom is -0.395 e. The van der Waals surface area contributed by atoms with E-state index in [9.17, 15) is 4.79 Å². The van der Waals surface area contributed by atoms with Crippen molar-refractivity contribution in [2.24, 2.45) is 5.92 Å². The number of nitrogens with zero attached hydrogens (tertiary/aromatic N) is 2. The molecule has 100 valence electrons. The van der Waals surface area contributed by atoms with Crippen molar-refractivity contribution in [2.75, 3.05) is 13.2 Å². The Labute approximate surface area is 107 Å². The Morgan fingerprint density at radius 2 is 2.33 bits per heavy atom. The van der Waals surface area contributed by atoms with Crippen molar-refractivity contribution in [3.8, 4) is 0 Å². The van der Waals surface area contributed by atoms with Gasteiger partial charge in [-0.05, 0) is 18.8 Å². The lowest BCUT2D eigenvalue weighted by molar-refractivity contribution is 0.0943. The Morgan fingerprint density at radius 3 is 2.89 bits per heavy atom. The molecule has 5 nitrogen and oxygen atoms in total. The minimum absolute atomic E-state index is 0.0371. The Morgan fingerprint density at radius 1 is 1.61 bits per heavy atom. The molecule has 0 aromatic carbocycles. The summed E-state index contributed by atoms with van der Waals surface area (Å²) in [6.45, 7) is 5.38. The maximum atomic E-state index is 12.0. The Balaban J connectivity index is 2.19. The number of rotatable bonds is 6. The van der Waals surface area contributed by atoms with Crippen LogP contribution in [0.1, 0.15) is 48.7 Å². The number of carbonyl (C=O) groups is 1. The maximum absolute atomic E-state index is 12.0. The highest BCUT2D eigenvalue weighted by atomic mass is 16.3. The lowest BCUT2D eigenvalue weighted by Crippen LogP contribution is -2.27. The number of hydrogen-bond acceptors (Lipinski definition) is 3. The van der Waals surface area contributed by atoms with Gasteiger partial charge in [0, 0.05) is 19.0 Å². The molecule has 1 amide bonds. The molecule has 1 aromatic rings. The number of aliphatic hydroxyl groups is 1. The van der Waals surface area contributed by atoms with Crippen LogP contribution in [0.15, 0.2) is 6.20 Å². The van der Waals surface area contributed by atoms with Crippen LogP contribution in [0.4, 0.5) is 0 Å². The Kier molecular flexibility index (Phi) is 4.01. The van der Waals surface area contributed by atoms with Gasteiger partial charge in [0.2, 0.25) is 0 Å². The molecule has 1 fully saturated rings. The van der Waals surface area contributed by atoms with E-state index in [-0.39, 0.29) is 19.1 Å². The largest absolute Gasteiger partial charge is 0.395 e. The Bertz CT molecular complexity index is 422. The molecule has 0 unspecified atom stereocenters. The Hall–Kier alpha value is -1.36. The van der Waals surface area contributed by atoms with Crippen LogP contribution < -0.4 is 5.32 Å². The molecular formula is C13H21N3O2.